The molecule has 1 fully saturated rings. The number of rotatable bonds is 3. The normalized spacial score (nSPS) is 14.7. The van der Waals surface area contributed by atoms with E-state index in [-0.39, 0.29) is 5.91 Å². The molecule has 0 atom stereocenters. The Labute approximate surface area is 156 Å². The number of piperazine rings is 1. The summed E-state index contributed by atoms with van der Waals surface area (Å²) in [5.41, 5.74) is 2.22. The molecule has 0 unspecified atom stereocenters. The Morgan fingerprint density at radius 1 is 1.08 bits per heavy atom. The molecule has 6 nitrogen and oxygen atoms in total. The standard InChI is InChI=1S/C19H19ClN4O2/c1-26-17-5-3-2-4-16(17)22-8-10-23(11-9-22)19(25)15-13-24-12-14(20)6-7-18(24)21-15/h2-7,12-13H,8-11H2,1H3. The van der Waals surface area contributed by atoms with E-state index in [0.717, 1.165) is 24.5 Å². The van der Waals surface area contributed by atoms with Gasteiger partial charge in [0.1, 0.15) is 17.1 Å². The fraction of sp³-hybridized carbons (Fsp3) is 0.263. The molecule has 0 N–H and O–H groups in total. The van der Waals surface area contributed by atoms with Gasteiger partial charge in [0.05, 0.1) is 17.8 Å². The monoisotopic (exact) mass is 370 g/mol. The number of carbonyl (C=O) groups is 1. The van der Waals surface area contributed by atoms with Crippen molar-refractivity contribution < 1.29 is 9.53 Å². The van der Waals surface area contributed by atoms with Gasteiger partial charge in [-0.25, -0.2) is 4.98 Å². The van der Waals surface area contributed by atoms with Gasteiger partial charge in [-0.2, -0.15) is 0 Å². The lowest BCUT2D eigenvalue weighted by Crippen LogP contribution is -2.49. The smallest absolute Gasteiger partial charge is 0.274 e. The summed E-state index contributed by atoms with van der Waals surface area (Å²) in [6, 6.07) is 11.5. The van der Waals surface area contributed by atoms with Crippen LogP contribution in [-0.4, -0.2) is 53.5 Å². The number of amides is 1. The molecule has 134 valence electrons. The molecule has 0 saturated carbocycles. The number of hydrogen-bond donors (Lipinski definition) is 0. The van der Waals surface area contributed by atoms with Gasteiger partial charge in [0, 0.05) is 38.6 Å². The zero-order valence-corrected chi connectivity index (χ0v) is 15.2. The summed E-state index contributed by atoms with van der Waals surface area (Å²) in [5, 5.41) is 0.610. The van der Waals surface area contributed by atoms with Gasteiger partial charge in [-0.1, -0.05) is 23.7 Å². The van der Waals surface area contributed by atoms with Crippen LogP contribution >= 0.6 is 11.6 Å². The maximum Gasteiger partial charge on any atom is 0.274 e. The largest absolute Gasteiger partial charge is 0.495 e. The molecule has 0 bridgehead atoms. The van der Waals surface area contributed by atoms with Crippen LogP contribution in [0.2, 0.25) is 5.02 Å². The van der Waals surface area contributed by atoms with Gasteiger partial charge < -0.3 is 18.9 Å². The average Bonchev–Trinajstić information content (AvgIpc) is 3.10. The first-order valence-electron chi connectivity index (χ1n) is 8.47. The highest BCUT2D eigenvalue weighted by Gasteiger charge is 2.25. The predicted octanol–water partition coefficient (Wildman–Crippen LogP) is 2.96. The number of para-hydroxylation sites is 2. The molecular weight excluding hydrogens is 352 g/mol. The number of carbonyl (C=O) groups excluding carboxylic acids is 1. The van der Waals surface area contributed by atoms with E-state index in [1.54, 1.807) is 36.0 Å². The summed E-state index contributed by atoms with van der Waals surface area (Å²) in [4.78, 5) is 21.3. The fourth-order valence-electron chi connectivity index (χ4n) is 3.27. The first-order valence-corrected chi connectivity index (χ1v) is 8.85. The number of ether oxygens (including phenoxy) is 1. The number of benzene rings is 1. The predicted molar refractivity (Wildman–Crippen MR) is 101 cm³/mol. The molecule has 26 heavy (non-hydrogen) atoms. The average molecular weight is 371 g/mol. The van der Waals surface area contributed by atoms with E-state index in [4.69, 9.17) is 16.3 Å². The molecule has 7 heteroatoms. The van der Waals surface area contributed by atoms with Crippen LogP contribution in [0.15, 0.2) is 48.8 Å². The van der Waals surface area contributed by atoms with Crippen LogP contribution in [0.25, 0.3) is 5.65 Å². The van der Waals surface area contributed by atoms with Crippen LogP contribution in [0.5, 0.6) is 5.75 Å². The van der Waals surface area contributed by atoms with E-state index in [1.807, 2.05) is 29.2 Å². The molecule has 1 saturated heterocycles. The number of hydrogen-bond acceptors (Lipinski definition) is 4. The molecular formula is C19H19ClN4O2. The molecule has 1 aliphatic rings. The van der Waals surface area contributed by atoms with Gasteiger partial charge in [-0.05, 0) is 24.3 Å². The number of fused-ring (bicyclic) bond motifs is 1. The summed E-state index contributed by atoms with van der Waals surface area (Å²) in [7, 11) is 1.67. The van der Waals surface area contributed by atoms with E-state index in [0.29, 0.717) is 29.5 Å². The molecule has 3 aromatic rings. The quantitative estimate of drug-likeness (QED) is 0.711. The minimum Gasteiger partial charge on any atom is -0.495 e. The topological polar surface area (TPSA) is 50.1 Å². The molecule has 1 amide bonds. The molecule has 0 radical (unpaired) electrons. The Bertz CT molecular complexity index is 948. The summed E-state index contributed by atoms with van der Waals surface area (Å²) in [6.45, 7) is 2.80. The number of imidazole rings is 1. The number of methoxy groups -OCH3 is 1. The first-order chi connectivity index (χ1) is 12.7. The SMILES string of the molecule is COc1ccccc1N1CCN(C(=O)c2cn3cc(Cl)ccc3n2)CC1. The zero-order valence-electron chi connectivity index (χ0n) is 14.4. The summed E-state index contributed by atoms with van der Waals surface area (Å²) < 4.78 is 7.22. The second-order valence-electron chi connectivity index (χ2n) is 6.19. The second kappa shape index (κ2) is 6.88. The van der Waals surface area contributed by atoms with Crippen molar-refractivity contribution in [3.05, 3.63) is 59.5 Å². The molecule has 4 rings (SSSR count). The van der Waals surface area contributed by atoms with E-state index < -0.39 is 0 Å². The first kappa shape index (κ1) is 16.7. The number of anilines is 1. The van der Waals surface area contributed by atoms with E-state index in [1.165, 1.54) is 0 Å². The molecule has 3 heterocycles. The van der Waals surface area contributed by atoms with Gasteiger partial charge in [-0.3, -0.25) is 4.79 Å². The van der Waals surface area contributed by atoms with Crippen molar-refractivity contribution >= 4 is 28.8 Å². The van der Waals surface area contributed by atoms with E-state index in [9.17, 15) is 4.79 Å². The number of nitrogens with zero attached hydrogens (tertiary/aromatic N) is 4. The minimum absolute atomic E-state index is 0.0514. The Balaban J connectivity index is 1.47. The highest BCUT2D eigenvalue weighted by Crippen LogP contribution is 2.28. The van der Waals surface area contributed by atoms with Crippen LogP contribution in [0.3, 0.4) is 0 Å². The Morgan fingerprint density at radius 2 is 1.85 bits per heavy atom. The van der Waals surface area contributed by atoms with Crippen LogP contribution in [0, 0.1) is 0 Å². The molecule has 0 aliphatic carbocycles. The highest BCUT2D eigenvalue weighted by atomic mass is 35.5. The van der Waals surface area contributed by atoms with Crippen molar-refractivity contribution in [3.63, 3.8) is 0 Å². The molecule has 1 aromatic carbocycles. The third kappa shape index (κ3) is 3.08. The van der Waals surface area contributed by atoms with Gasteiger partial charge in [-0.15, -0.1) is 0 Å². The lowest BCUT2D eigenvalue weighted by Gasteiger charge is -2.36. The van der Waals surface area contributed by atoms with Gasteiger partial charge in [0.2, 0.25) is 0 Å². The third-order valence-corrected chi connectivity index (χ3v) is 4.85. The summed E-state index contributed by atoms with van der Waals surface area (Å²) in [6.07, 6.45) is 3.48. The Morgan fingerprint density at radius 3 is 2.62 bits per heavy atom. The zero-order chi connectivity index (χ0) is 18.1. The van der Waals surface area contributed by atoms with Crippen molar-refractivity contribution in [2.24, 2.45) is 0 Å². The number of aromatic nitrogens is 2. The van der Waals surface area contributed by atoms with E-state index >= 15 is 0 Å². The van der Waals surface area contributed by atoms with Crippen molar-refractivity contribution in [1.29, 1.82) is 0 Å². The minimum atomic E-state index is -0.0514. The molecule has 1 aliphatic heterocycles. The van der Waals surface area contributed by atoms with E-state index in [2.05, 4.69) is 9.88 Å². The van der Waals surface area contributed by atoms with Crippen molar-refractivity contribution in [2.75, 3.05) is 38.2 Å². The fourth-order valence-corrected chi connectivity index (χ4v) is 3.44. The van der Waals surface area contributed by atoms with Gasteiger partial charge >= 0.3 is 0 Å². The molecule has 2 aromatic heterocycles. The highest BCUT2D eigenvalue weighted by molar-refractivity contribution is 6.30. The van der Waals surface area contributed by atoms with Crippen LogP contribution in [0.1, 0.15) is 10.5 Å². The van der Waals surface area contributed by atoms with Crippen LogP contribution in [-0.2, 0) is 0 Å². The third-order valence-electron chi connectivity index (χ3n) is 4.63. The maximum absolute atomic E-state index is 12.8. The number of halogens is 1. The van der Waals surface area contributed by atoms with Crippen LogP contribution < -0.4 is 9.64 Å². The van der Waals surface area contributed by atoms with Crippen molar-refractivity contribution in [2.45, 2.75) is 0 Å². The lowest BCUT2D eigenvalue weighted by atomic mass is 10.2. The summed E-state index contributed by atoms with van der Waals surface area (Å²) in [5.74, 6) is 0.800. The Kier molecular flexibility index (Phi) is 4.42. The van der Waals surface area contributed by atoms with Gasteiger partial charge in [0.25, 0.3) is 5.91 Å². The molecule has 0 spiro atoms. The second-order valence-corrected chi connectivity index (χ2v) is 6.63. The van der Waals surface area contributed by atoms with Crippen molar-refractivity contribution in [3.8, 4) is 5.75 Å². The maximum atomic E-state index is 12.8. The van der Waals surface area contributed by atoms with Crippen molar-refractivity contribution in [1.82, 2.24) is 14.3 Å². The summed E-state index contributed by atoms with van der Waals surface area (Å²) >= 11 is 6.00. The lowest BCUT2D eigenvalue weighted by molar-refractivity contribution is 0.0741. The number of pyridine rings is 1. The Hall–Kier alpha value is -2.73. The van der Waals surface area contributed by atoms with Crippen LogP contribution in [0.4, 0.5) is 5.69 Å². The van der Waals surface area contributed by atoms with Gasteiger partial charge in [0.15, 0.2) is 0 Å².